The van der Waals surface area contributed by atoms with E-state index in [1.54, 1.807) is 17.0 Å². The molecule has 26 heavy (non-hydrogen) atoms. The van der Waals surface area contributed by atoms with E-state index in [1.165, 1.54) is 0 Å². The predicted octanol–water partition coefficient (Wildman–Crippen LogP) is 6.07. The lowest BCUT2D eigenvalue weighted by atomic mass is 10.1. The van der Waals surface area contributed by atoms with Crippen molar-refractivity contribution in [3.63, 3.8) is 0 Å². The van der Waals surface area contributed by atoms with E-state index >= 15 is 0 Å². The van der Waals surface area contributed by atoms with Crippen molar-refractivity contribution in [1.82, 2.24) is 0 Å². The highest BCUT2D eigenvalue weighted by Crippen LogP contribution is 2.39. The van der Waals surface area contributed by atoms with E-state index in [-0.39, 0.29) is 12.1 Å². The number of benzene rings is 3. The molecule has 1 unspecified atom stereocenters. The Morgan fingerprint density at radius 3 is 2.38 bits per heavy atom. The Labute approximate surface area is 162 Å². The summed E-state index contributed by atoms with van der Waals surface area (Å²) in [6.45, 7) is 2.01. The molecule has 3 nitrogen and oxygen atoms in total. The zero-order valence-corrected chi connectivity index (χ0v) is 15.6. The Morgan fingerprint density at radius 2 is 1.62 bits per heavy atom. The first-order chi connectivity index (χ1) is 12.5. The Morgan fingerprint density at radius 1 is 0.923 bits per heavy atom. The van der Waals surface area contributed by atoms with Crippen LogP contribution in [-0.4, -0.2) is 5.91 Å². The fourth-order valence-electron chi connectivity index (χ4n) is 3.22. The van der Waals surface area contributed by atoms with Crippen molar-refractivity contribution >= 4 is 40.5 Å². The summed E-state index contributed by atoms with van der Waals surface area (Å²) in [5.41, 5.74) is 4.37. The van der Waals surface area contributed by atoms with Gasteiger partial charge in [-0.3, -0.25) is 9.69 Å². The molecule has 1 heterocycles. The van der Waals surface area contributed by atoms with Gasteiger partial charge in [0.1, 0.15) is 6.17 Å². The first-order valence-electron chi connectivity index (χ1n) is 8.25. The molecule has 130 valence electrons. The van der Waals surface area contributed by atoms with E-state index in [2.05, 4.69) is 5.32 Å². The number of carbonyl (C=O) groups excluding carboxylic acids is 1. The maximum Gasteiger partial charge on any atom is 0.260 e. The third-order valence-electron chi connectivity index (χ3n) is 4.56. The number of fused-ring (bicyclic) bond motifs is 1. The maximum absolute atomic E-state index is 13.1. The molecule has 0 fully saturated rings. The van der Waals surface area contributed by atoms with E-state index in [0.717, 1.165) is 22.5 Å². The van der Waals surface area contributed by atoms with Gasteiger partial charge in [0.05, 0.1) is 0 Å². The summed E-state index contributed by atoms with van der Waals surface area (Å²) < 4.78 is 0. The van der Waals surface area contributed by atoms with Gasteiger partial charge in [-0.2, -0.15) is 0 Å². The van der Waals surface area contributed by atoms with Gasteiger partial charge in [0.15, 0.2) is 0 Å². The van der Waals surface area contributed by atoms with Crippen molar-refractivity contribution in [3.05, 3.63) is 93.5 Å². The van der Waals surface area contributed by atoms with Crippen molar-refractivity contribution in [2.45, 2.75) is 13.1 Å². The van der Waals surface area contributed by atoms with Crippen LogP contribution in [0.5, 0.6) is 0 Å². The van der Waals surface area contributed by atoms with Crippen LogP contribution in [0.2, 0.25) is 10.0 Å². The van der Waals surface area contributed by atoms with Crippen LogP contribution in [0.15, 0.2) is 66.7 Å². The van der Waals surface area contributed by atoms with Gasteiger partial charge in [-0.25, -0.2) is 0 Å². The average molecular weight is 383 g/mol. The zero-order chi connectivity index (χ0) is 18.3. The minimum absolute atomic E-state index is 0.0416. The molecule has 0 saturated heterocycles. The smallest absolute Gasteiger partial charge is 0.260 e. The van der Waals surface area contributed by atoms with Crippen LogP contribution >= 0.6 is 23.2 Å². The molecule has 4 rings (SSSR count). The number of anilines is 2. The molecule has 0 aliphatic carbocycles. The van der Waals surface area contributed by atoms with Gasteiger partial charge in [-0.05, 0) is 55.0 Å². The molecule has 1 aliphatic heterocycles. The summed E-state index contributed by atoms with van der Waals surface area (Å²) in [5, 5.41) is 4.77. The molecule has 0 radical (unpaired) electrons. The molecule has 1 atom stereocenters. The molecule has 0 aromatic heterocycles. The number of halogens is 2. The molecule has 1 N–H and O–H groups in total. The highest BCUT2D eigenvalue weighted by Gasteiger charge is 2.37. The lowest BCUT2D eigenvalue weighted by Crippen LogP contribution is -2.32. The number of rotatable bonds is 3. The Bertz CT molecular complexity index is 986. The topological polar surface area (TPSA) is 32.3 Å². The molecule has 1 aliphatic rings. The zero-order valence-electron chi connectivity index (χ0n) is 14.0. The molecule has 0 bridgehead atoms. The van der Waals surface area contributed by atoms with E-state index in [1.807, 2.05) is 61.5 Å². The van der Waals surface area contributed by atoms with Gasteiger partial charge >= 0.3 is 0 Å². The van der Waals surface area contributed by atoms with Gasteiger partial charge in [-0.15, -0.1) is 0 Å². The standard InChI is InChI=1S/C21H16Cl2N2O/c1-13-6-7-15(23)12-19(13)24-20-17-4-2-3-5-18(17)21(26)25(20)16-10-8-14(22)9-11-16/h2-12,20,24H,1H3. The number of hydrogen-bond donors (Lipinski definition) is 1. The summed E-state index contributed by atoms with van der Waals surface area (Å²) in [6, 6.07) is 20.6. The quantitative estimate of drug-likeness (QED) is 0.595. The SMILES string of the molecule is Cc1ccc(Cl)cc1NC1c2ccccc2C(=O)N1c1ccc(Cl)cc1. The monoisotopic (exact) mass is 382 g/mol. The van der Waals surface area contributed by atoms with Crippen LogP contribution in [0.25, 0.3) is 0 Å². The van der Waals surface area contributed by atoms with Crippen LogP contribution in [-0.2, 0) is 0 Å². The van der Waals surface area contributed by atoms with Crippen molar-refractivity contribution in [1.29, 1.82) is 0 Å². The second-order valence-corrected chi connectivity index (χ2v) is 7.12. The predicted molar refractivity (Wildman–Crippen MR) is 107 cm³/mol. The molecule has 1 amide bonds. The lowest BCUT2D eigenvalue weighted by Gasteiger charge is -2.28. The highest BCUT2D eigenvalue weighted by molar-refractivity contribution is 6.31. The van der Waals surface area contributed by atoms with E-state index in [0.29, 0.717) is 15.6 Å². The highest BCUT2D eigenvalue weighted by atomic mass is 35.5. The van der Waals surface area contributed by atoms with Gasteiger partial charge in [0, 0.05) is 32.5 Å². The van der Waals surface area contributed by atoms with Gasteiger partial charge < -0.3 is 5.32 Å². The van der Waals surface area contributed by atoms with E-state index < -0.39 is 0 Å². The Balaban J connectivity index is 1.80. The van der Waals surface area contributed by atoms with Crippen molar-refractivity contribution < 1.29 is 4.79 Å². The maximum atomic E-state index is 13.1. The molecule has 0 spiro atoms. The normalized spacial score (nSPS) is 15.9. The number of carbonyl (C=O) groups is 1. The van der Waals surface area contributed by atoms with Crippen LogP contribution in [0.1, 0.15) is 27.7 Å². The molecule has 3 aromatic rings. The van der Waals surface area contributed by atoms with Gasteiger partial charge in [-0.1, -0.05) is 47.5 Å². The molecule has 0 saturated carbocycles. The number of aryl methyl sites for hydroxylation is 1. The van der Waals surface area contributed by atoms with Gasteiger partial charge in [0.2, 0.25) is 0 Å². The number of nitrogens with one attached hydrogen (secondary N) is 1. The fraction of sp³-hybridized carbons (Fsp3) is 0.0952. The lowest BCUT2D eigenvalue weighted by molar-refractivity contribution is 0.0993. The third kappa shape index (κ3) is 2.94. The second-order valence-electron chi connectivity index (χ2n) is 6.24. The van der Waals surface area contributed by atoms with Crippen molar-refractivity contribution in [2.24, 2.45) is 0 Å². The summed E-state index contributed by atoms with van der Waals surface area (Å²) in [7, 11) is 0. The van der Waals surface area contributed by atoms with Crippen LogP contribution in [0, 0.1) is 6.92 Å². The number of amides is 1. The van der Waals surface area contributed by atoms with Crippen LogP contribution < -0.4 is 10.2 Å². The second kappa shape index (κ2) is 6.67. The average Bonchev–Trinajstić information content (AvgIpc) is 2.92. The molecular weight excluding hydrogens is 367 g/mol. The third-order valence-corrected chi connectivity index (χ3v) is 5.05. The first kappa shape index (κ1) is 17.0. The first-order valence-corrected chi connectivity index (χ1v) is 9.01. The summed E-state index contributed by atoms with van der Waals surface area (Å²) in [6.07, 6.45) is -0.322. The summed E-state index contributed by atoms with van der Waals surface area (Å²) in [5.74, 6) is -0.0416. The van der Waals surface area contributed by atoms with Crippen LogP contribution in [0.3, 0.4) is 0 Å². The molecular formula is C21H16Cl2N2O. The number of nitrogens with zero attached hydrogens (tertiary/aromatic N) is 1. The fourth-order valence-corrected chi connectivity index (χ4v) is 3.52. The Hall–Kier alpha value is -2.49. The van der Waals surface area contributed by atoms with Crippen molar-refractivity contribution in [2.75, 3.05) is 10.2 Å². The Kier molecular flexibility index (Phi) is 4.35. The van der Waals surface area contributed by atoms with E-state index in [9.17, 15) is 4.79 Å². The van der Waals surface area contributed by atoms with Crippen LogP contribution in [0.4, 0.5) is 11.4 Å². The number of hydrogen-bond acceptors (Lipinski definition) is 2. The van der Waals surface area contributed by atoms with Gasteiger partial charge in [0.25, 0.3) is 5.91 Å². The molecule has 3 aromatic carbocycles. The largest absolute Gasteiger partial charge is 0.361 e. The minimum Gasteiger partial charge on any atom is -0.361 e. The van der Waals surface area contributed by atoms with Crippen molar-refractivity contribution in [3.8, 4) is 0 Å². The summed E-state index contributed by atoms with van der Waals surface area (Å²) in [4.78, 5) is 14.8. The van der Waals surface area contributed by atoms with E-state index in [4.69, 9.17) is 23.2 Å². The minimum atomic E-state index is -0.322. The summed E-state index contributed by atoms with van der Waals surface area (Å²) >= 11 is 12.2. The molecule has 5 heteroatoms.